The molecule has 1 heterocycles. The zero-order valence-corrected chi connectivity index (χ0v) is 14.8. The van der Waals surface area contributed by atoms with Gasteiger partial charge < -0.3 is 24.3 Å². The molecule has 138 valence electrons. The number of morpholine rings is 1. The Kier molecular flexibility index (Phi) is 8.14. The topological polar surface area (TPSA) is 100 Å². The third-order valence-corrected chi connectivity index (χ3v) is 3.63. The zero-order valence-electron chi connectivity index (χ0n) is 14.8. The number of esters is 3. The van der Waals surface area contributed by atoms with E-state index in [0.29, 0.717) is 13.1 Å². The van der Waals surface area contributed by atoms with E-state index in [9.17, 15) is 14.4 Å². The van der Waals surface area contributed by atoms with E-state index in [2.05, 4.69) is 5.32 Å². The Balaban J connectivity index is 3.19. The Hall–Kier alpha value is -1.67. The average molecular weight is 345 g/mol. The molecule has 0 bridgehead atoms. The predicted molar refractivity (Wildman–Crippen MR) is 84.2 cm³/mol. The molecule has 0 unspecified atom stereocenters. The van der Waals surface area contributed by atoms with Gasteiger partial charge in [0.1, 0.15) is 0 Å². The van der Waals surface area contributed by atoms with Gasteiger partial charge in [0, 0.05) is 19.5 Å². The van der Waals surface area contributed by atoms with Crippen LogP contribution in [0.5, 0.6) is 0 Å². The molecule has 1 rings (SSSR count). The molecule has 0 saturated carbocycles. The van der Waals surface area contributed by atoms with Crippen molar-refractivity contribution in [2.45, 2.75) is 46.3 Å². The lowest BCUT2D eigenvalue weighted by Gasteiger charge is -2.34. The van der Waals surface area contributed by atoms with E-state index in [1.54, 1.807) is 20.8 Å². The highest BCUT2D eigenvalue weighted by Crippen LogP contribution is 2.32. The lowest BCUT2D eigenvalue weighted by Crippen LogP contribution is -2.54. The molecule has 0 aromatic rings. The molecule has 0 spiro atoms. The highest BCUT2D eigenvalue weighted by molar-refractivity contribution is 6.18. The lowest BCUT2D eigenvalue weighted by molar-refractivity contribution is -0.188. The third kappa shape index (κ3) is 4.67. The summed E-state index contributed by atoms with van der Waals surface area (Å²) in [5, 5.41) is 3.14. The second-order valence-corrected chi connectivity index (χ2v) is 5.50. The van der Waals surface area contributed by atoms with Crippen LogP contribution in [-0.4, -0.2) is 63.0 Å². The van der Waals surface area contributed by atoms with Crippen molar-refractivity contribution in [3.63, 3.8) is 0 Å². The normalized spacial score (nSPS) is 21.0. The van der Waals surface area contributed by atoms with Crippen LogP contribution in [0.4, 0.5) is 0 Å². The van der Waals surface area contributed by atoms with Gasteiger partial charge in [-0.1, -0.05) is 0 Å². The van der Waals surface area contributed by atoms with Crippen LogP contribution in [0.1, 0.15) is 34.1 Å². The Labute approximate surface area is 142 Å². The molecule has 1 N–H and O–H groups in total. The molecule has 1 aliphatic heterocycles. The first kappa shape index (κ1) is 20.4. The van der Waals surface area contributed by atoms with Crippen LogP contribution < -0.4 is 5.32 Å². The van der Waals surface area contributed by atoms with E-state index in [0.717, 1.165) is 0 Å². The maximum Gasteiger partial charge on any atom is 0.335 e. The van der Waals surface area contributed by atoms with Gasteiger partial charge in [-0.15, -0.1) is 0 Å². The zero-order chi connectivity index (χ0) is 18.2. The minimum atomic E-state index is -2.18. The van der Waals surface area contributed by atoms with E-state index in [-0.39, 0.29) is 32.3 Å². The van der Waals surface area contributed by atoms with Crippen molar-refractivity contribution >= 4 is 17.9 Å². The second-order valence-electron chi connectivity index (χ2n) is 5.50. The van der Waals surface area contributed by atoms with Gasteiger partial charge >= 0.3 is 17.9 Å². The highest BCUT2D eigenvalue weighted by Gasteiger charge is 2.58. The van der Waals surface area contributed by atoms with Crippen LogP contribution in [0.15, 0.2) is 0 Å². The molecular formula is C16H27NO7. The van der Waals surface area contributed by atoms with Gasteiger partial charge in [0.2, 0.25) is 0 Å². The van der Waals surface area contributed by atoms with Gasteiger partial charge in [-0.05, 0) is 27.7 Å². The van der Waals surface area contributed by atoms with E-state index in [1.165, 1.54) is 0 Å². The van der Waals surface area contributed by atoms with Crippen molar-refractivity contribution in [2.24, 2.45) is 5.41 Å². The first-order valence-corrected chi connectivity index (χ1v) is 8.30. The third-order valence-electron chi connectivity index (χ3n) is 3.63. The molecule has 1 saturated heterocycles. The van der Waals surface area contributed by atoms with Gasteiger partial charge in [-0.2, -0.15) is 0 Å². The minimum Gasteiger partial charge on any atom is -0.465 e. The Morgan fingerprint density at radius 1 is 0.958 bits per heavy atom. The van der Waals surface area contributed by atoms with Gasteiger partial charge in [0.25, 0.3) is 5.41 Å². The van der Waals surface area contributed by atoms with Gasteiger partial charge in [0.15, 0.2) is 0 Å². The maximum absolute atomic E-state index is 12.6. The van der Waals surface area contributed by atoms with Crippen molar-refractivity contribution in [1.29, 1.82) is 0 Å². The number of hydrogen-bond donors (Lipinski definition) is 1. The maximum atomic E-state index is 12.6. The smallest absolute Gasteiger partial charge is 0.335 e. The van der Waals surface area contributed by atoms with Crippen LogP contribution in [-0.2, 0) is 33.3 Å². The van der Waals surface area contributed by atoms with Crippen molar-refractivity contribution in [1.82, 2.24) is 5.32 Å². The van der Waals surface area contributed by atoms with Gasteiger partial charge in [-0.25, -0.2) is 0 Å². The quantitative estimate of drug-likeness (QED) is 0.384. The summed E-state index contributed by atoms with van der Waals surface area (Å²) >= 11 is 0. The van der Waals surface area contributed by atoms with E-state index < -0.39 is 29.4 Å². The molecule has 24 heavy (non-hydrogen) atoms. The lowest BCUT2D eigenvalue weighted by atomic mass is 9.81. The summed E-state index contributed by atoms with van der Waals surface area (Å²) < 4.78 is 20.7. The number of nitrogens with one attached hydrogen (secondary N) is 1. The Bertz CT molecular complexity index is 406. The molecule has 0 amide bonds. The van der Waals surface area contributed by atoms with E-state index in [1.807, 2.05) is 6.92 Å². The highest BCUT2D eigenvalue weighted by atomic mass is 16.6. The summed E-state index contributed by atoms with van der Waals surface area (Å²) in [5.41, 5.74) is -2.18. The van der Waals surface area contributed by atoms with E-state index >= 15 is 0 Å². The molecule has 8 nitrogen and oxygen atoms in total. The summed E-state index contributed by atoms with van der Waals surface area (Å²) in [6.07, 6.45) is -0.819. The number of carbonyl (C=O) groups excluding carboxylic acids is 3. The number of carbonyl (C=O) groups is 3. The molecule has 8 heteroatoms. The van der Waals surface area contributed by atoms with Crippen LogP contribution in [0.3, 0.4) is 0 Å². The molecule has 2 atom stereocenters. The standard InChI is InChI=1S/C16H27NO7/c1-5-21-13(18)16(14(19)22-6-2,15(20)23-7-3)8-12-10-17-9-11(4)24-12/h11-12,17H,5-10H2,1-4H3/t11-,12+/m1/s1. The van der Waals surface area contributed by atoms with Crippen molar-refractivity contribution < 1.29 is 33.3 Å². The monoisotopic (exact) mass is 345 g/mol. The van der Waals surface area contributed by atoms with Crippen molar-refractivity contribution in [3.8, 4) is 0 Å². The largest absolute Gasteiger partial charge is 0.465 e. The summed E-state index contributed by atoms with van der Waals surface area (Å²) in [7, 11) is 0. The molecular weight excluding hydrogens is 318 g/mol. The summed E-state index contributed by atoms with van der Waals surface area (Å²) in [6.45, 7) is 7.80. The molecule has 0 aliphatic carbocycles. The first-order chi connectivity index (χ1) is 11.4. The summed E-state index contributed by atoms with van der Waals surface area (Å²) in [5.74, 6) is -2.91. The van der Waals surface area contributed by atoms with Crippen LogP contribution in [0.25, 0.3) is 0 Å². The molecule has 0 radical (unpaired) electrons. The fourth-order valence-corrected chi connectivity index (χ4v) is 2.60. The molecule has 1 aliphatic rings. The number of hydrogen-bond acceptors (Lipinski definition) is 8. The molecule has 0 aromatic heterocycles. The minimum absolute atomic E-state index is 0.0274. The van der Waals surface area contributed by atoms with Crippen molar-refractivity contribution in [2.75, 3.05) is 32.9 Å². The van der Waals surface area contributed by atoms with Crippen LogP contribution >= 0.6 is 0 Å². The Morgan fingerprint density at radius 3 is 1.79 bits per heavy atom. The summed E-state index contributed by atoms with van der Waals surface area (Å²) in [6, 6.07) is 0. The second kappa shape index (κ2) is 9.58. The van der Waals surface area contributed by atoms with Gasteiger partial charge in [-0.3, -0.25) is 14.4 Å². The van der Waals surface area contributed by atoms with Crippen LogP contribution in [0.2, 0.25) is 0 Å². The van der Waals surface area contributed by atoms with Crippen molar-refractivity contribution in [3.05, 3.63) is 0 Å². The fraction of sp³-hybridized carbons (Fsp3) is 0.812. The number of rotatable bonds is 8. The molecule has 1 fully saturated rings. The SMILES string of the molecule is CCOC(=O)C(C[C@H]1CNC[C@@H](C)O1)(C(=O)OCC)C(=O)OCC. The fourth-order valence-electron chi connectivity index (χ4n) is 2.60. The van der Waals surface area contributed by atoms with Crippen LogP contribution in [0, 0.1) is 5.41 Å². The van der Waals surface area contributed by atoms with Gasteiger partial charge in [0.05, 0.1) is 32.0 Å². The first-order valence-electron chi connectivity index (χ1n) is 8.30. The van der Waals surface area contributed by atoms with E-state index in [4.69, 9.17) is 18.9 Å². The Morgan fingerprint density at radius 2 is 1.42 bits per heavy atom. The molecule has 0 aromatic carbocycles. The number of ether oxygens (including phenoxy) is 4. The average Bonchev–Trinajstić information content (AvgIpc) is 2.53. The predicted octanol–water partition coefficient (Wildman–Crippen LogP) is 0.429. The summed E-state index contributed by atoms with van der Waals surface area (Å²) in [4.78, 5) is 37.7.